The van der Waals surface area contributed by atoms with E-state index in [0.29, 0.717) is 10.7 Å². The van der Waals surface area contributed by atoms with Crippen molar-refractivity contribution in [2.75, 3.05) is 11.9 Å². The van der Waals surface area contributed by atoms with E-state index in [1.807, 2.05) is 0 Å². The van der Waals surface area contributed by atoms with Crippen LogP contribution in [0.25, 0.3) is 0 Å². The molecule has 0 bridgehead atoms. The summed E-state index contributed by atoms with van der Waals surface area (Å²) in [7, 11) is 0. The summed E-state index contributed by atoms with van der Waals surface area (Å²) in [5, 5.41) is 5.34. The van der Waals surface area contributed by atoms with Gasteiger partial charge in [-0.25, -0.2) is 4.39 Å². The lowest BCUT2D eigenvalue weighted by molar-refractivity contribution is -0.152. The fourth-order valence-corrected chi connectivity index (χ4v) is 2.26. The minimum absolute atomic E-state index is 0.206. The number of ether oxygens (including phenoxy) is 1. The molecule has 0 saturated carbocycles. The van der Waals surface area contributed by atoms with Crippen LogP contribution in [0.3, 0.4) is 0 Å². The van der Waals surface area contributed by atoms with E-state index >= 15 is 0 Å². The van der Waals surface area contributed by atoms with Crippen LogP contribution in [0, 0.1) is 5.82 Å². The summed E-state index contributed by atoms with van der Waals surface area (Å²) in [6.45, 7) is 0.935. The van der Waals surface area contributed by atoms with Gasteiger partial charge in [-0.3, -0.25) is 14.4 Å². The Bertz CT molecular complexity index is 859. The Hall–Kier alpha value is -2.64. The zero-order chi connectivity index (χ0) is 20.0. The Morgan fingerprint density at radius 1 is 1.07 bits per heavy atom. The predicted octanol–water partition coefficient (Wildman–Crippen LogP) is 3.43. The molecular weight excluding hydrogens is 398 g/mol. The normalized spacial score (nSPS) is 11.4. The molecule has 0 spiro atoms. The second-order valence-corrected chi connectivity index (χ2v) is 6.25. The van der Waals surface area contributed by atoms with Crippen LogP contribution in [0.5, 0.6) is 0 Å². The molecule has 2 N–H and O–H groups in total. The number of esters is 1. The quantitative estimate of drug-likeness (QED) is 0.711. The van der Waals surface area contributed by atoms with E-state index < -0.39 is 36.2 Å². The molecule has 9 heteroatoms. The first kappa shape index (κ1) is 20.7. The van der Waals surface area contributed by atoms with Gasteiger partial charge in [-0.05, 0) is 49.4 Å². The van der Waals surface area contributed by atoms with Crippen LogP contribution in [0.15, 0.2) is 42.5 Å². The van der Waals surface area contributed by atoms with E-state index in [1.165, 1.54) is 49.4 Å². The van der Waals surface area contributed by atoms with Crippen LogP contribution in [0.1, 0.15) is 17.3 Å². The van der Waals surface area contributed by atoms with Gasteiger partial charge in [0.2, 0.25) is 0 Å². The monoisotopic (exact) mass is 412 g/mol. The summed E-state index contributed by atoms with van der Waals surface area (Å²) in [4.78, 5) is 35.7. The molecule has 0 aliphatic carbocycles. The van der Waals surface area contributed by atoms with Gasteiger partial charge in [0, 0.05) is 11.3 Å². The standard InChI is InChI=1S/C18H15Cl2FN2O4/c1-10(17(25)23-13-5-3-12(21)4-6-13)27-16(24)9-22-18(26)11-2-7-14(19)15(20)8-11/h2-8,10H,9H2,1H3,(H,22,26)(H,23,25)/t10-/m1/s1. The van der Waals surface area contributed by atoms with Crippen LogP contribution in [-0.2, 0) is 14.3 Å². The number of rotatable bonds is 6. The van der Waals surface area contributed by atoms with Gasteiger partial charge in [-0.1, -0.05) is 23.2 Å². The first-order valence-electron chi connectivity index (χ1n) is 7.75. The predicted molar refractivity (Wildman–Crippen MR) is 99.4 cm³/mol. The maximum atomic E-state index is 12.8. The molecule has 2 aromatic rings. The summed E-state index contributed by atoms with van der Waals surface area (Å²) >= 11 is 11.6. The highest BCUT2D eigenvalue weighted by molar-refractivity contribution is 6.42. The number of hydrogen-bond acceptors (Lipinski definition) is 4. The van der Waals surface area contributed by atoms with Crippen molar-refractivity contribution in [3.05, 3.63) is 63.9 Å². The molecule has 27 heavy (non-hydrogen) atoms. The second-order valence-electron chi connectivity index (χ2n) is 5.44. The maximum Gasteiger partial charge on any atom is 0.326 e. The first-order valence-corrected chi connectivity index (χ1v) is 8.51. The number of amides is 2. The average molecular weight is 413 g/mol. The number of carbonyl (C=O) groups excluding carboxylic acids is 3. The second kappa shape index (κ2) is 9.34. The third kappa shape index (κ3) is 6.23. The summed E-state index contributed by atoms with van der Waals surface area (Å²) in [5.41, 5.74) is 0.580. The lowest BCUT2D eigenvalue weighted by atomic mass is 10.2. The van der Waals surface area contributed by atoms with Crippen LogP contribution >= 0.6 is 23.2 Å². The topological polar surface area (TPSA) is 84.5 Å². The number of nitrogens with one attached hydrogen (secondary N) is 2. The molecule has 0 heterocycles. The number of anilines is 1. The summed E-state index contributed by atoms with van der Waals surface area (Å²) < 4.78 is 17.8. The smallest absolute Gasteiger partial charge is 0.326 e. The van der Waals surface area contributed by atoms with Crippen molar-refractivity contribution in [2.24, 2.45) is 0 Å². The molecule has 0 saturated heterocycles. The lowest BCUT2D eigenvalue weighted by Crippen LogP contribution is -2.35. The minimum Gasteiger partial charge on any atom is -0.451 e. The van der Waals surface area contributed by atoms with Crippen molar-refractivity contribution in [3.8, 4) is 0 Å². The average Bonchev–Trinajstić information content (AvgIpc) is 2.63. The SMILES string of the molecule is C[C@@H](OC(=O)CNC(=O)c1ccc(Cl)c(Cl)c1)C(=O)Nc1ccc(F)cc1. The van der Waals surface area contributed by atoms with Gasteiger partial charge in [-0.15, -0.1) is 0 Å². The van der Waals surface area contributed by atoms with Crippen LogP contribution < -0.4 is 10.6 Å². The Kier molecular flexibility index (Phi) is 7.15. The van der Waals surface area contributed by atoms with Gasteiger partial charge < -0.3 is 15.4 Å². The molecule has 142 valence electrons. The van der Waals surface area contributed by atoms with Crippen molar-refractivity contribution in [1.29, 1.82) is 0 Å². The molecule has 0 radical (unpaired) electrons. The van der Waals surface area contributed by atoms with Crippen LogP contribution in [0.4, 0.5) is 10.1 Å². The first-order chi connectivity index (χ1) is 12.8. The largest absolute Gasteiger partial charge is 0.451 e. The van der Waals surface area contributed by atoms with Gasteiger partial charge in [0.05, 0.1) is 10.0 Å². The maximum absolute atomic E-state index is 12.8. The van der Waals surface area contributed by atoms with Crippen molar-refractivity contribution in [2.45, 2.75) is 13.0 Å². The molecule has 2 amide bonds. The Balaban J connectivity index is 1.81. The van der Waals surface area contributed by atoms with Gasteiger partial charge in [-0.2, -0.15) is 0 Å². The molecule has 1 atom stereocenters. The van der Waals surface area contributed by atoms with E-state index in [0.717, 1.165) is 0 Å². The van der Waals surface area contributed by atoms with Crippen molar-refractivity contribution >= 4 is 46.7 Å². The fourth-order valence-electron chi connectivity index (χ4n) is 1.96. The number of hydrogen-bond donors (Lipinski definition) is 2. The molecule has 0 fully saturated rings. The zero-order valence-electron chi connectivity index (χ0n) is 14.1. The van der Waals surface area contributed by atoms with Gasteiger partial charge in [0.15, 0.2) is 6.10 Å². The fraction of sp³-hybridized carbons (Fsp3) is 0.167. The van der Waals surface area contributed by atoms with E-state index in [2.05, 4.69) is 10.6 Å². The summed E-state index contributed by atoms with van der Waals surface area (Å²) in [5.74, 6) is -2.38. The number of halogens is 3. The summed E-state index contributed by atoms with van der Waals surface area (Å²) in [6, 6.07) is 9.39. The third-order valence-corrected chi connectivity index (χ3v) is 4.10. The molecule has 0 aliphatic rings. The molecule has 6 nitrogen and oxygen atoms in total. The highest BCUT2D eigenvalue weighted by Gasteiger charge is 2.19. The van der Waals surface area contributed by atoms with E-state index in [9.17, 15) is 18.8 Å². The minimum atomic E-state index is -1.11. The Morgan fingerprint density at radius 2 is 1.74 bits per heavy atom. The van der Waals surface area contributed by atoms with Gasteiger partial charge in [0.25, 0.3) is 11.8 Å². The molecule has 0 aromatic heterocycles. The molecule has 0 aliphatic heterocycles. The number of benzene rings is 2. The van der Waals surface area contributed by atoms with Crippen molar-refractivity contribution in [3.63, 3.8) is 0 Å². The molecule has 2 rings (SSSR count). The molecule has 2 aromatic carbocycles. The molecule has 0 unspecified atom stereocenters. The van der Waals surface area contributed by atoms with E-state index in [-0.39, 0.29) is 10.6 Å². The zero-order valence-corrected chi connectivity index (χ0v) is 15.6. The number of carbonyl (C=O) groups is 3. The van der Waals surface area contributed by atoms with Crippen LogP contribution in [0.2, 0.25) is 10.0 Å². The third-order valence-electron chi connectivity index (χ3n) is 3.36. The van der Waals surface area contributed by atoms with Crippen molar-refractivity contribution in [1.82, 2.24) is 5.32 Å². The molecular formula is C18H15Cl2FN2O4. The lowest BCUT2D eigenvalue weighted by Gasteiger charge is -2.14. The highest BCUT2D eigenvalue weighted by atomic mass is 35.5. The van der Waals surface area contributed by atoms with E-state index in [1.54, 1.807) is 0 Å². The summed E-state index contributed by atoms with van der Waals surface area (Å²) in [6.07, 6.45) is -1.11. The van der Waals surface area contributed by atoms with Crippen LogP contribution in [-0.4, -0.2) is 30.4 Å². The van der Waals surface area contributed by atoms with Gasteiger partial charge >= 0.3 is 5.97 Å². The van der Waals surface area contributed by atoms with Crippen molar-refractivity contribution < 1.29 is 23.5 Å². The van der Waals surface area contributed by atoms with E-state index in [4.69, 9.17) is 27.9 Å². The Labute approximate surface area is 164 Å². The highest BCUT2D eigenvalue weighted by Crippen LogP contribution is 2.22. The van der Waals surface area contributed by atoms with Gasteiger partial charge in [0.1, 0.15) is 12.4 Å². The Morgan fingerprint density at radius 3 is 2.37 bits per heavy atom.